The Kier molecular flexibility index (Phi) is 19.0. The summed E-state index contributed by atoms with van der Waals surface area (Å²) in [5, 5.41) is 22.1. The average molecular weight is 967 g/mol. The van der Waals surface area contributed by atoms with E-state index in [1.54, 1.807) is 44.2 Å². The molecule has 67 heavy (non-hydrogen) atoms. The van der Waals surface area contributed by atoms with Gasteiger partial charge in [-0.05, 0) is 56.7 Å². The second-order valence-corrected chi connectivity index (χ2v) is 19.2. The third kappa shape index (κ3) is 13.7. The van der Waals surface area contributed by atoms with Crippen LogP contribution in [0.15, 0.2) is 76.7 Å². The van der Waals surface area contributed by atoms with E-state index < -0.39 is 71.9 Å². The molecule has 21 heteroatoms. The molecule has 362 valence electrons. The number of primary amides is 1. The van der Waals surface area contributed by atoms with Crippen LogP contribution in [-0.2, 0) is 49.5 Å². The molecule has 0 spiro atoms. The summed E-state index contributed by atoms with van der Waals surface area (Å²) in [5.41, 5.74) is 7.50. The minimum absolute atomic E-state index is 0.0570. The molecule has 3 aliphatic heterocycles. The molecule has 19 nitrogen and oxygen atoms in total. The molecule has 2 bridgehead atoms. The number of allylic oxidation sites excluding steroid dienone is 4. The Bertz CT molecular complexity index is 2280. The highest BCUT2D eigenvalue weighted by Crippen LogP contribution is 2.33. The highest BCUT2D eigenvalue weighted by Gasteiger charge is 2.40. The molecule has 1 saturated heterocycles. The van der Waals surface area contributed by atoms with E-state index in [-0.39, 0.29) is 85.7 Å². The topological polar surface area (TPSA) is 271 Å². The summed E-state index contributed by atoms with van der Waals surface area (Å²) in [7, 11) is 5.76. The number of carbonyl (C=O) groups is 8. The van der Waals surface area contributed by atoms with Gasteiger partial charge in [0.05, 0.1) is 23.6 Å². The number of methoxy groups -OCH3 is 2. The Hall–Kier alpha value is -5.74. The smallest absolute Gasteiger partial charge is 0.411 e. The van der Waals surface area contributed by atoms with Gasteiger partial charge in [-0.2, -0.15) is 0 Å². The molecule has 1 aromatic rings. The number of Topliss-reactive ketones (excluding diaryl/α,β-unsaturated/α-hetero) is 1. The number of piperidine rings is 1. The first kappa shape index (κ1) is 52.2. The van der Waals surface area contributed by atoms with Crippen molar-refractivity contribution in [3.05, 3.63) is 87.8 Å². The van der Waals surface area contributed by atoms with Crippen LogP contribution in [0, 0.1) is 11.8 Å². The number of nitrogens with two attached hydrogens (primary N) is 1. The lowest BCUT2D eigenvalue weighted by Gasteiger charge is -2.30. The first-order valence-electron chi connectivity index (χ1n) is 21.7. The van der Waals surface area contributed by atoms with Gasteiger partial charge >= 0.3 is 12.2 Å². The number of nitrogens with zero attached hydrogens (tertiary/aromatic N) is 1. The highest BCUT2D eigenvalue weighted by molar-refractivity contribution is 8.76. The van der Waals surface area contributed by atoms with Crippen molar-refractivity contribution in [1.82, 2.24) is 20.9 Å². The second-order valence-electron chi connectivity index (χ2n) is 16.5. The number of nitrogens with one attached hydrogen (secondary N) is 4. The Morgan fingerprint density at radius 1 is 1.01 bits per heavy atom. The maximum absolute atomic E-state index is 14.1. The molecule has 5 rings (SSSR count). The lowest BCUT2D eigenvalue weighted by molar-refractivity contribution is -0.137. The van der Waals surface area contributed by atoms with Gasteiger partial charge in [0.15, 0.2) is 6.10 Å². The van der Waals surface area contributed by atoms with Gasteiger partial charge in [-0.15, -0.1) is 0 Å². The molecule has 6 amide bonds. The number of ether oxygens (including phenoxy) is 4. The van der Waals surface area contributed by atoms with E-state index in [1.165, 1.54) is 59.8 Å². The molecule has 0 saturated carbocycles. The largest absolute Gasteiger partial charge is 0.448 e. The predicted molar refractivity (Wildman–Crippen MR) is 250 cm³/mol. The normalized spacial score (nSPS) is 27.4. The van der Waals surface area contributed by atoms with Gasteiger partial charge in [-0.1, -0.05) is 65.8 Å². The molecule has 0 unspecified atom stereocenters. The molecule has 3 heterocycles. The lowest BCUT2D eigenvalue weighted by Crippen LogP contribution is -2.52. The first-order valence-corrected chi connectivity index (χ1v) is 24.2. The lowest BCUT2D eigenvalue weighted by atomic mass is 9.85. The molecule has 0 aromatic heterocycles. The fourth-order valence-electron chi connectivity index (χ4n) is 8.13. The number of carbonyl (C=O) groups excluding carboxylic acids is 8. The zero-order chi connectivity index (χ0) is 48.9. The Balaban J connectivity index is 1.19. The van der Waals surface area contributed by atoms with E-state index in [2.05, 4.69) is 21.3 Å². The van der Waals surface area contributed by atoms with Crippen LogP contribution in [0.4, 0.5) is 15.3 Å². The third-order valence-corrected chi connectivity index (χ3v) is 14.0. The van der Waals surface area contributed by atoms with Crippen molar-refractivity contribution in [2.45, 2.75) is 90.4 Å². The monoisotopic (exact) mass is 966 g/mol. The van der Waals surface area contributed by atoms with Crippen LogP contribution in [-0.4, -0.2) is 127 Å². The quantitative estimate of drug-likeness (QED) is 0.0540. The van der Waals surface area contributed by atoms with Gasteiger partial charge < -0.3 is 45.3 Å². The number of ketones is 2. The number of benzene rings is 1. The maximum Gasteiger partial charge on any atom is 0.411 e. The standard InChI is InChI=1S/C46H58N6O13S2/c1-24-19-29-38(48-15-17-66-67-18-16-64-46(61)50-31-11-8-10-28-30(31)23-52(44(28)59)33-13-14-37(54)51-43(33)58)34(53)22-32(40(29)56)49-42(57)25(2)9-7-12-35(62-5)41(65-45(47)60)27(4)21-26(3)39(55)36(20-24)63-6/h7-12,21-22,24,26,33,35-36,39,41,48,55H,13-20,23H2,1-6H3,(H2,47,60)(H,49,57)(H,50,61)(H,51,54,58)/b12-7-,25-9+,27-21+/t24-,26+,33+,35+,36+,39+,41+/m1/s1. The Labute approximate surface area is 396 Å². The summed E-state index contributed by atoms with van der Waals surface area (Å²) in [6.07, 6.45) is 2.86. The van der Waals surface area contributed by atoms with Crippen molar-refractivity contribution < 1.29 is 62.4 Å². The van der Waals surface area contributed by atoms with Gasteiger partial charge in [-0.3, -0.25) is 39.4 Å². The van der Waals surface area contributed by atoms with Crippen molar-refractivity contribution in [2.24, 2.45) is 17.6 Å². The number of hydrogen-bond acceptors (Lipinski definition) is 16. The van der Waals surface area contributed by atoms with E-state index in [1.807, 2.05) is 6.92 Å². The predicted octanol–water partition coefficient (Wildman–Crippen LogP) is 3.74. The van der Waals surface area contributed by atoms with Crippen molar-refractivity contribution in [2.75, 3.05) is 44.2 Å². The molecule has 0 radical (unpaired) electrons. The van der Waals surface area contributed by atoms with Crippen molar-refractivity contribution in [3.63, 3.8) is 0 Å². The van der Waals surface area contributed by atoms with E-state index in [0.717, 1.165) is 6.08 Å². The van der Waals surface area contributed by atoms with Crippen molar-refractivity contribution >= 4 is 74.7 Å². The van der Waals surface area contributed by atoms with Crippen molar-refractivity contribution in [3.8, 4) is 0 Å². The van der Waals surface area contributed by atoms with Crippen LogP contribution in [0.3, 0.4) is 0 Å². The molecule has 1 aliphatic carbocycles. The number of fused-ring (bicyclic) bond motifs is 3. The third-order valence-electron chi connectivity index (χ3n) is 11.6. The summed E-state index contributed by atoms with van der Waals surface area (Å²) < 4.78 is 22.1. The summed E-state index contributed by atoms with van der Waals surface area (Å²) in [6, 6.07) is 4.08. The van der Waals surface area contributed by atoms with E-state index >= 15 is 0 Å². The first-order chi connectivity index (χ1) is 31.9. The average Bonchev–Trinajstić information content (AvgIpc) is 3.62. The highest BCUT2D eigenvalue weighted by atomic mass is 33.1. The molecule has 7 N–H and O–H groups in total. The maximum atomic E-state index is 14.1. The van der Waals surface area contributed by atoms with E-state index in [9.17, 15) is 43.5 Å². The fraction of sp³-hybridized carbons (Fsp3) is 0.478. The van der Waals surface area contributed by atoms with Crippen LogP contribution in [0.25, 0.3) is 0 Å². The van der Waals surface area contributed by atoms with Gasteiger partial charge in [0, 0.05) is 85.2 Å². The van der Waals surface area contributed by atoms with E-state index in [4.69, 9.17) is 24.7 Å². The SMILES string of the molecule is CO[C@H]1/C=C\C=C(/C)C(=O)NC2=CC(=O)C(NCCSSCCOC(=O)Nc3cccc4c3CN([C@H]3CCC(=O)NC3=O)C4=O)=C(C[C@@H](C)C[C@H](OC)[C@@H](O)[C@@H](C)/C=C(\C)[C@@H]1OC(N)=O)C2=O. The molecule has 1 aromatic carbocycles. The second kappa shape index (κ2) is 24.3. The number of anilines is 1. The summed E-state index contributed by atoms with van der Waals surface area (Å²) >= 11 is 0. The zero-order valence-electron chi connectivity index (χ0n) is 38.2. The number of amides is 6. The molecular weight excluding hydrogens is 909 g/mol. The number of imide groups is 1. The molecular formula is C46H58N6O13S2. The van der Waals surface area contributed by atoms with Crippen LogP contribution in [0.1, 0.15) is 69.3 Å². The fourth-order valence-corrected chi connectivity index (χ4v) is 9.86. The zero-order valence-corrected chi connectivity index (χ0v) is 39.8. The molecule has 7 atom stereocenters. The molecule has 4 aliphatic rings. The van der Waals surface area contributed by atoms with Crippen LogP contribution in [0.5, 0.6) is 0 Å². The van der Waals surface area contributed by atoms with E-state index in [0.29, 0.717) is 33.9 Å². The number of aliphatic hydroxyl groups excluding tert-OH is 1. The van der Waals surface area contributed by atoms with Gasteiger partial charge in [-0.25, -0.2) is 9.59 Å². The summed E-state index contributed by atoms with van der Waals surface area (Å²) in [6.45, 7) is 7.32. The van der Waals surface area contributed by atoms with Gasteiger partial charge in [0.1, 0.15) is 18.8 Å². The van der Waals surface area contributed by atoms with Gasteiger partial charge in [0.25, 0.3) is 11.8 Å². The minimum Gasteiger partial charge on any atom is -0.448 e. The van der Waals surface area contributed by atoms with Crippen LogP contribution < -0.4 is 27.0 Å². The number of hydrogen-bond donors (Lipinski definition) is 6. The Morgan fingerprint density at radius 3 is 2.46 bits per heavy atom. The number of aliphatic hydroxyl groups is 1. The van der Waals surface area contributed by atoms with Gasteiger partial charge in [0.2, 0.25) is 23.4 Å². The van der Waals surface area contributed by atoms with Crippen molar-refractivity contribution in [1.29, 1.82) is 0 Å². The number of rotatable bonds is 13. The summed E-state index contributed by atoms with van der Waals surface area (Å²) in [4.78, 5) is 104. The van der Waals surface area contributed by atoms with Crippen LogP contribution in [0.2, 0.25) is 0 Å². The minimum atomic E-state index is -1.03. The summed E-state index contributed by atoms with van der Waals surface area (Å²) in [5.74, 6) is -2.84. The molecule has 1 fully saturated rings. The Morgan fingerprint density at radius 2 is 1.76 bits per heavy atom. The van der Waals surface area contributed by atoms with Crippen LogP contribution >= 0.6 is 21.6 Å².